The fourth-order valence-corrected chi connectivity index (χ4v) is 1.52. The molecule has 1 nitrogen and oxygen atoms in total. The van der Waals surface area contributed by atoms with Crippen molar-refractivity contribution in [3.05, 3.63) is 36.8 Å². The molecule has 0 aliphatic rings. The highest BCUT2D eigenvalue weighted by Gasteiger charge is 2.04. The second-order valence-corrected chi connectivity index (χ2v) is 4.12. The van der Waals surface area contributed by atoms with Gasteiger partial charge in [-0.3, -0.25) is 0 Å². The van der Waals surface area contributed by atoms with Gasteiger partial charge in [0.25, 0.3) is 0 Å². The summed E-state index contributed by atoms with van der Waals surface area (Å²) >= 11 is 0. The Balaban J connectivity index is 2.60. The lowest BCUT2D eigenvalue weighted by Crippen LogP contribution is -2.02. The quantitative estimate of drug-likeness (QED) is 0.640. The van der Waals surface area contributed by atoms with Crippen molar-refractivity contribution in [3.63, 3.8) is 0 Å². The van der Waals surface area contributed by atoms with Crippen LogP contribution in [-0.2, 0) is 6.42 Å². The molecule has 0 saturated carbocycles. The van der Waals surface area contributed by atoms with Gasteiger partial charge in [0.15, 0.2) is 0 Å². The molecule has 15 heavy (non-hydrogen) atoms. The van der Waals surface area contributed by atoms with Crippen molar-refractivity contribution in [2.75, 3.05) is 6.61 Å². The number of para-hydroxylation sites is 1. The van der Waals surface area contributed by atoms with Crippen LogP contribution in [0.3, 0.4) is 0 Å². The molecule has 1 aromatic rings. The second kappa shape index (κ2) is 6.49. The summed E-state index contributed by atoms with van der Waals surface area (Å²) in [5.74, 6) is 1.46. The molecule has 1 unspecified atom stereocenters. The smallest absolute Gasteiger partial charge is 0.122 e. The monoisotopic (exact) mass is 205 g/mol. The van der Waals surface area contributed by atoms with E-state index in [9.17, 15) is 0 Å². The minimum atomic E-state index is 0.431. The Bertz CT molecular complexity index is 278. The summed E-state index contributed by atoms with van der Waals surface area (Å²) in [6.45, 7) is 9.14. The molecule has 1 radical (unpaired) electrons. The van der Waals surface area contributed by atoms with Crippen molar-refractivity contribution < 1.29 is 4.74 Å². The molecular weight excluding hydrogens is 184 g/mol. The fraction of sp³-hybridized carbons (Fsp3) is 0.500. The summed E-state index contributed by atoms with van der Waals surface area (Å²) in [7, 11) is 0. The third-order valence-corrected chi connectivity index (χ3v) is 2.30. The molecular formula is C14H21O. The van der Waals surface area contributed by atoms with Gasteiger partial charge in [0.1, 0.15) is 5.75 Å². The number of benzene rings is 1. The van der Waals surface area contributed by atoms with E-state index >= 15 is 0 Å². The normalized spacial score (nSPS) is 10.7. The van der Waals surface area contributed by atoms with E-state index in [1.165, 1.54) is 12.0 Å². The summed E-state index contributed by atoms with van der Waals surface area (Å²) in [5.41, 5.74) is 1.27. The molecule has 0 saturated heterocycles. The number of ether oxygens (including phenoxy) is 1. The van der Waals surface area contributed by atoms with Crippen LogP contribution in [0.4, 0.5) is 0 Å². The Kier molecular flexibility index (Phi) is 5.23. The molecule has 0 fully saturated rings. The zero-order chi connectivity index (χ0) is 11.1. The summed E-state index contributed by atoms with van der Waals surface area (Å²) in [4.78, 5) is 0. The van der Waals surface area contributed by atoms with E-state index in [-0.39, 0.29) is 0 Å². The Morgan fingerprint density at radius 3 is 2.73 bits per heavy atom. The van der Waals surface area contributed by atoms with Crippen LogP contribution in [0.25, 0.3) is 0 Å². The van der Waals surface area contributed by atoms with Crippen LogP contribution >= 0.6 is 0 Å². The van der Waals surface area contributed by atoms with Crippen LogP contribution in [0.1, 0.15) is 32.3 Å². The summed E-state index contributed by atoms with van der Waals surface area (Å²) < 4.78 is 5.75. The van der Waals surface area contributed by atoms with Crippen molar-refractivity contribution in [1.29, 1.82) is 0 Å². The molecule has 0 amide bonds. The van der Waals surface area contributed by atoms with E-state index in [1.54, 1.807) is 0 Å². The largest absolute Gasteiger partial charge is 0.493 e. The predicted octanol–water partition coefficient (Wildman–Crippen LogP) is 3.88. The average molecular weight is 205 g/mol. The molecule has 0 spiro atoms. The van der Waals surface area contributed by atoms with Crippen LogP contribution < -0.4 is 4.74 Å². The van der Waals surface area contributed by atoms with Crippen molar-refractivity contribution in [2.24, 2.45) is 5.92 Å². The molecule has 0 aromatic heterocycles. The van der Waals surface area contributed by atoms with Gasteiger partial charge in [-0.05, 0) is 30.4 Å². The van der Waals surface area contributed by atoms with E-state index < -0.39 is 0 Å². The number of unbranched alkanes of at least 4 members (excludes halogenated alkanes) is 1. The third kappa shape index (κ3) is 4.37. The van der Waals surface area contributed by atoms with Crippen molar-refractivity contribution in [2.45, 2.75) is 33.1 Å². The third-order valence-electron chi connectivity index (χ3n) is 2.30. The van der Waals surface area contributed by atoms with Gasteiger partial charge < -0.3 is 4.74 Å². The van der Waals surface area contributed by atoms with Crippen LogP contribution in [0.5, 0.6) is 5.75 Å². The van der Waals surface area contributed by atoms with E-state index in [0.29, 0.717) is 5.92 Å². The molecule has 1 heteroatoms. The van der Waals surface area contributed by atoms with E-state index in [1.807, 2.05) is 12.1 Å². The van der Waals surface area contributed by atoms with Gasteiger partial charge in [0, 0.05) is 0 Å². The van der Waals surface area contributed by atoms with Crippen molar-refractivity contribution in [1.82, 2.24) is 0 Å². The lowest BCUT2D eigenvalue weighted by Gasteiger charge is -2.12. The van der Waals surface area contributed by atoms with Gasteiger partial charge in [-0.1, -0.05) is 45.4 Å². The highest BCUT2D eigenvalue weighted by Crippen LogP contribution is 2.21. The lowest BCUT2D eigenvalue weighted by atomic mass is 10.0. The summed E-state index contributed by atoms with van der Waals surface area (Å²) in [6.07, 6.45) is 3.28. The maximum Gasteiger partial charge on any atom is 0.122 e. The molecule has 0 N–H and O–H groups in total. The molecule has 1 atom stereocenters. The Morgan fingerprint density at radius 1 is 1.33 bits per heavy atom. The zero-order valence-corrected chi connectivity index (χ0v) is 9.83. The molecule has 83 valence electrons. The van der Waals surface area contributed by atoms with Crippen LogP contribution in [0.15, 0.2) is 24.3 Å². The Morgan fingerprint density at radius 2 is 2.07 bits per heavy atom. The first-order valence-corrected chi connectivity index (χ1v) is 5.77. The molecule has 1 rings (SSSR count). The first kappa shape index (κ1) is 12.1. The van der Waals surface area contributed by atoms with E-state index in [0.717, 1.165) is 25.2 Å². The number of rotatable bonds is 6. The van der Waals surface area contributed by atoms with Gasteiger partial charge in [-0.15, -0.1) is 0 Å². The lowest BCUT2D eigenvalue weighted by molar-refractivity contribution is 0.305. The van der Waals surface area contributed by atoms with Gasteiger partial charge in [0.05, 0.1) is 6.61 Å². The van der Waals surface area contributed by atoms with Gasteiger partial charge in [-0.25, -0.2) is 0 Å². The maximum absolute atomic E-state index is 5.75. The number of hydrogen-bond donors (Lipinski definition) is 0. The SMILES string of the molecule is [CH2]C(C)Cc1ccccc1OCCCC. The molecule has 0 bridgehead atoms. The highest BCUT2D eigenvalue weighted by atomic mass is 16.5. The van der Waals surface area contributed by atoms with Crippen molar-refractivity contribution in [3.8, 4) is 5.75 Å². The predicted molar refractivity (Wildman–Crippen MR) is 65.1 cm³/mol. The minimum Gasteiger partial charge on any atom is -0.493 e. The topological polar surface area (TPSA) is 9.23 Å². The van der Waals surface area contributed by atoms with E-state index in [2.05, 4.69) is 32.9 Å². The van der Waals surface area contributed by atoms with Crippen LogP contribution in [-0.4, -0.2) is 6.61 Å². The molecule has 0 heterocycles. The van der Waals surface area contributed by atoms with Crippen molar-refractivity contribution >= 4 is 0 Å². The summed E-state index contributed by atoms with van der Waals surface area (Å²) in [5, 5.41) is 0. The molecule has 0 aliphatic carbocycles. The van der Waals surface area contributed by atoms with Gasteiger partial charge >= 0.3 is 0 Å². The van der Waals surface area contributed by atoms with Crippen LogP contribution in [0.2, 0.25) is 0 Å². The van der Waals surface area contributed by atoms with Crippen LogP contribution in [0, 0.1) is 12.8 Å². The standard InChI is InChI=1S/C14H21O/c1-4-5-10-15-14-9-7-6-8-13(14)11-12(2)3/h6-9,12H,2,4-5,10-11H2,1,3H3. The minimum absolute atomic E-state index is 0.431. The first-order chi connectivity index (χ1) is 7.24. The van der Waals surface area contributed by atoms with Gasteiger partial charge in [-0.2, -0.15) is 0 Å². The average Bonchev–Trinajstić information content (AvgIpc) is 2.20. The Labute approximate surface area is 93.5 Å². The zero-order valence-electron chi connectivity index (χ0n) is 9.83. The van der Waals surface area contributed by atoms with Gasteiger partial charge in [0.2, 0.25) is 0 Å². The number of hydrogen-bond acceptors (Lipinski definition) is 1. The fourth-order valence-electron chi connectivity index (χ4n) is 1.52. The second-order valence-electron chi connectivity index (χ2n) is 4.12. The first-order valence-electron chi connectivity index (χ1n) is 5.77. The van der Waals surface area contributed by atoms with E-state index in [4.69, 9.17) is 4.74 Å². The maximum atomic E-state index is 5.75. The molecule has 0 aliphatic heterocycles. The molecule has 1 aromatic carbocycles. The highest BCUT2D eigenvalue weighted by molar-refractivity contribution is 5.33. The Hall–Kier alpha value is -0.980. The summed E-state index contributed by atoms with van der Waals surface area (Å²) in [6, 6.07) is 8.26.